The number of ketones is 1. The topological polar surface area (TPSA) is 25.2 Å². The third-order valence-corrected chi connectivity index (χ3v) is 4.06. The van der Waals surface area contributed by atoms with Crippen LogP contribution in [-0.4, -0.2) is 34.9 Å². The zero-order valence-corrected chi connectivity index (χ0v) is 10.5. The first-order chi connectivity index (χ1) is 8.25. The van der Waals surface area contributed by atoms with Gasteiger partial charge in [0.25, 0.3) is 0 Å². The van der Waals surface area contributed by atoms with Crippen molar-refractivity contribution in [2.45, 2.75) is 44.7 Å². The molecule has 0 aromatic carbocycles. The Morgan fingerprint density at radius 1 is 1.41 bits per heavy atom. The Balaban J connectivity index is 1.68. The Labute approximate surface area is 102 Å². The molecule has 0 spiro atoms. The summed E-state index contributed by atoms with van der Waals surface area (Å²) in [7, 11) is 2.21. The second-order valence-electron chi connectivity index (χ2n) is 5.36. The molecule has 0 N–H and O–H groups in total. The molecule has 1 heterocycles. The van der Waals surface area contributed by atoms with E-state index in [4.69, 9.17) is 0 Å². The van der Waals surface area contributed by atoms with Crippen LogP contribution >= 0.6 is 0 Å². The number of carbonyl (C=O) groups excluding carboxylic acids is 1. The van der Waals surface area contributed by atoms with Crippen molar-refractivity contribution in [3.05, 3.63) is 23.5 Å². The fraction of sp³-hybridized carbons (Fsp3) is 0.643. The van der Waals surface area contributed by atoms with Gasteiger partial charge in [-0.3, -0.25) is 4.79 Å². The molecule has 0 saturated heterocycles. The van der Waals surface area contributed by atoms with Gasteiger partial charge in [-0.05, 0) is 38.8 Å². The summed E-state index contributed by atoms with van der Waals surface area (Å²) in [6.07, 6.45) is 7.64. The molecule has 0 aliphatic heterocycles. The molecule has 1 aromatic rings. The van der Waals surface area contributed by atoms with Crippen LogP contribution in [0.4, 0.5) is 0 Å². The number of fused-ring (bicyclic) bond motifs is 1. The molecule has 92 valence electrons. The monoisotopic (exact) mass is 232 g/mol. The van der Waals surface area contributed by atoms with Gasteiger partial charge in [-0.1, -0.05) is 0 Å². The number of Topliss-reactive ketones (excluding diaryl/α,β-unsaturated/α-hetero) is 1. The van der Waals surface area contributed by atoms with Crippen molar-refractivity contribution in [1.82, 2.24) is 9.47 Å². The first-order valence-electron chi connectivity index (χ1n) is 6.67. The SMILES string of the molecule is CN(CCn1ccc2c1CCCC2=O)C1CC1. The van der Waals surface area contributed by atoms with Crippen LogP contribution < -0.4 is 0 Å². The lowest BCUT2D eigenvalue weighted by atomic mass is 9.97. The second-order valence-corrected chi connectivity index (χ2v) is 5.36. The van der Waals surface area contributed by atoms with Gasteiger partial charge in [0.1, 0.15) is 0 Å². The molecule has 0 bridgehead atoms. The largest absolute Gasteiger partial charge is 0.349 e. The van der Waals surface area contributed by atoms with Crippen molar-refractivity contribution in [3.8, 4) is 0 Å². The summed E-state index contributed by atoms with van der Waals surface area (Å²) in [4.78, 5) is 14.2. The van der Waals surface area contributed by atoms with E-state index >= 15 is 0 Å². The number of aromatic nitrogens is 1. The van der Waals surface area contributed by atoms with E-state index in [0.29, 0.717) is 5.78 Å². The molecular weight excluding hydrogens is 212 g/mol. The van der Waals surface area contributed by atoms with E-state index in [9.17, 15) is 4.79 Å². The van der Waals surface area contributed by atoms with E-state index < -0.39 is 0 Å². The van der Waals surface area contributed by atoms with Crippen LogP contribution in [0.2, 0.25) is 0 Å². The Hall–Kier alpha value is -1.09. The van der Waals surface area contributed by atoms with Crippen LogP contribution in [0.1, 0.15) is 41.7 Å². The highest BCUT2D eigenvalue weighted by Gasteiger charge is 2.26. The molecule has 0 radical (unpaired) electrons. The molecule has 1 saturated carbocycles. The minimum atomic E-state index is 0.334. The lowest BCUT2D eigenvalue weighted by molar-refractivity contribution is 0.0971. The van der Waals surface area contributed by atoms with Gasteiger partial charge in [-0.15, -0.1) is 0 Å². The van der Waals surface area contributed by atoms with E-state index in [0.717, 1.165) is 44.0 Å². The highest BCUT2D eigenvalue weighted by atomic mass is 16.1. The van der Waals surface area contributed by atoms with Crippen molar-refractivity contribution in [2.24, 2.45) is 0 Å². The van der Waals surface area contributed by atoms with Crippen molar-refractivity contribution in [3.63, 3.8) is 0 Å². The van der Waals surface area contributed by atoms with Gasteiger partial charge in [-0.25, -0.2) is 0 Å². The van der Waals surface area contributed by atoms with E-state index in [2.05, 4.69) is 22.7 Å². The molecule has 3 rings (SSSR count). The van der Waals surface area contributed by atoms with E-state index in [1.165, 1.54) is 18.5 Å². The molecule has 0 atom stereocenters. The number of rotatable bonds is 4. The van der Waals surface area contributed by atoms with Gasteiger partial charge in [0, 0.05) is 43.0 Å². The Morgan fingerprint density at radius 3 is 3.00 bits per heavy atom. The van der Waals surface area contributed by atoms with Crippen molar-refractivity contribution < 1.29 is 4.79 Å². The number of carbonyl (C=O) groups is 1. The summed E-state index contributed by atoms with van der Waals surface area (Å²) in [5.41, 5.74) is 2.25. The molecule has 2 aliphatic carbocycles. The molecule has 1 aromatic heterocycles. The van der Waals surface area contributed by atoms with Gasteiger partial charge in [0.05, 0.1) is 0 Å². The maximum Gasteiger partial charge on any atom is 0.164 e. The Morgan fingerprint density at radius 2 is 2.24 bits per heavy atom. The van der Waals surface area contributed by atoms with Crippen molar-refractivity contribution in [2.75, 3.05) is 13.6 Å². The Kier molecular flexibility index (Phi) is 2.79. The molecule has 1 fully saturated rings. The van der Waals surface area contributed by atoms with Crippen molar-refractivity contribution >= 4 is 5.78 Å². The maximum absolute atomic E-state index is 11.7. The highest BCUT2D eigenvalue weighted by molar-refractivity contribution is 5.98. The fourth-order valence-corrected chi connectivity index (χ4v) is 2.76. The van der Waals surface area contributed by atoms with Gasteiger partial charge in [0.2, 0.25) is 0 Å². The van der Waals surface area contributed by atoms with Gasteiger partial charge in [-0.2, -0.15) is 0 Å². The van der Waals surface area contributed by atoms with Crippen molar-refractivity contribution in [1.29, 1.82) is 0 Å². The molecule has 3 nitrogen and oxygen atoms in total. The summed E-state index contributed by atoms with van der Waals surface area (Å²) in [6.45, 7) is 2.12. The van der Waals surface area contributed by atoms with Gasteiger partial charge >= 0.3 is 0 Å². The minimum Gasteiger partial charge on any atom is -0.349 e. The number of nitrogens with zero attached hydrogens (tertiary/aromatic N) is 2. The predicted octanol–water partition coefficient (Wildman–Crippen LogP) is 2.10. The summed E-state index contributed by atoms with van der Waals surface area (Å²) < 4.78 is 2.28. The third-order valence-electron chi connectivity index (χ3n) is 4.06. The average Bonchev–Trinajstić information content (AvgIpc) is 3.08. The first kappa shape index (κ1) is 11.0. The summed E-state index contributed by atoms with van der Waals surface area (Å²) in [5.74, 6) is 0.334. The molecule has 2 aliphatic rings. The maximum atomic E-state index is 11.7. The van der Waals surface area contributed by atoms with E-state index in [1.54, 1.807) is 0 Å². The predicted molar refractivity (Wildman–Crippen MR) is 67.4 cm³/mol. The summed E-state index contributed by atoms with van der Waals surface area (Å²) in [6, 6.07) is 2.83. The second kappa shape index (κ2) is 4.30. The first-order valence-corrected chi connectivity index (χ1v) is 6.67. The Bertz CT molecular complexity index is 431. The van der Waals surface area contributed by atoms with E-state index in [1.807, 2.05) is 6.07 Å². The minimum absolute atomic E-state index is 0.334. The summed E-state index contributed by atoms with van der Waals surface area (Å²) >= 11 is 0. The quantitative estimate of drug-likeness (QED) is 0.794. The van der Waals surface area contributed by atoms with Crippen LogP contribution in [0.5, 0.6) is 0 Å². The third kappa shape index (κ3) is 2.16. The lowest BCUT2D eigenvalue weighted by Gasteiger charge is -2.19. The molecule has 3 heteroatoms. The van der Waals surface area contributed by atoms with Gasteiger partial charge < -0.3 is 9.47 Å². The molecule has 0 amide bonds. The average molecular weight is 232 g/mol. The number of hydrogen-bond donors (Lipinski definition) is 0. The van der Waals surface area contributed by atoms with Gasteiger partial charge in [0.15, 0.2) is 5.78 Å². The smallest absolute Gasteiger partial charge is 0.164 e. The molecule has 0 unspecified atom stereocenters. The molecule has 17 heavy (non-hydrogen) atoms. The zero-order chi connectivity index (χ0) is 11.8. The lowest BCUT2D eigenvalue weighted by Crippen LogP contribution is -2.26. The van der Waals surface area contributed by atoms with Crippen LogP contribution in [0.15, 0.2) is 12.3 Å². The zero-order valence-electron chi connectivity index (χ0n) is 10.5. The van der Waals surface area contributed by atoms with Crippen LogP contribution in [-0.2, 0) is 13.0 Å². The number of likely N-dealkylation sites (N-methyl/N-ethyl adjacent to an activating group) is 1. The number of hydrogen-bond acceptors (Lipinski definition) is 2. The normalized spacial score (nSPS) is 19.8. The highest BCUT2D eigenvalue weighted by Crippen LogP contribution is 2.26. The van der Waals surface area contributed by atoms with Crippen LogP contribution in [0, 0.1) is 0 Å². The summed E-state index contributed by atoms with van der Waals surface area (Å²) in [5, 5.41) is 0. The molecular formula is C14H20N2O. The van der Waals surface area contributed by atoms with E-state index in [-0.39, 0.29) is 0 Å². The fourth-order valence-electron chi connectivity index (χ4n) is 2.76. The standard InChI is InChI=1S/C14H20N2O/c1-15(11-5-6-11)9-10-16-8-7-12-13(16)3-2-4-14(12)17/h7-8,11H,2-6,9-10H2,1H3. The van der Waals surface area contributed by atoms with Crippen LogP contribution in [0.25, 0.3) is 0 Å². The van der Waals surface area contributed by atoms with Crippen LogP contribution in [0.3, 0.4) is 0 Å².